The minimum Gasteiger partial charge on any atom is -0.443 e. The average Bonchev–Trinajstić information content (AvgIpc) is 2.93. The highest BCUT2D eigenvalue weighted by Crippen LogP contribution is 2.34. The summed E-state index contributed by atoms with van der Waals surface area (Å²) < 4.78 is 70.6. The van der Waals surface area contributed by atoms with Crippen molar-refractivity contribution in [2.45, 2.75) is 11.1 Å². The van der Waals surface area contributed by atoms with Crippen LogP contribution in [-0.2, 0) is 16.2 Å². The minimum absolute atomic E-state index is 0.0865. The van der Waals surface area contributed by atoms with Crippen LogP contribution in [0, 0.1) is 0 Å². The van der Waals surface area contributed by atoms with Crippen molar-refractivity contribution in [2.75, 3.05) is 4.72 Å². The standard InChI is InChI=1S/C14H9F3N2O3S/c15-14(16,17)10-3-1-2-4-13(10)23(20,21)19-9-5-6-12-11(7-9)18-8-22-12/h1-8,19H. The Morgan fingerprint density at radius 2 is 1.83 bits per heavy atom. The number of rotatable bonds is 3. The fraction of sp³-hybridized carbons (Fsp3) is 0.0714. The van der Waals surface area contributed by atoms with Crippen molar-refractivity contribution in [3.8, 4) is 0 Å². The minimum atomic E-state index is -4.78. The Balaban J connectivity index is 2.02. The summed E-state index contributed by atoms with van der Waals surface area (Å²) in [7, 11) is -4.41. The zero-order valence-corrected chi connectivity index (χ0v) is 12.1. The number of oxazole rings is 1. The first kappa shape index (κ1) is 15.3. The summed E-state index contributed by atoms with van der Waals surface area (Å²) in [5, 5.41) is 0. The maximum absolute atomic E-state index is 13.0. The average molecular weight is 342 g/mol. The number of hydrogen-bond donors (Lipinski definition) is 1. The van der Waals surface area contributed by atoms with E-state index in [1.807, 2.05) is 0 Å². The Morgan fingerprint density at radius 1 is 1.09 bits per heavy atom. The highest BCUT2D eigenvalue weighted by molar-refractivity contribution is 7.92. The second-order valence-electron chi connectivity index (χ2n) is 4.63. The van der Waals surface area contributed by atoms with E-state index in [-0.39, 0.29) is 5.69 Å². The lowest BCUT2D eigenvalue weighted by molar-refractivity contribution is -0.139. The van der Waals surface area contributed by atoms with Gasteiger partial charge in [0.1, 0.15) is 5.52 Å². The zero-order chi connectivity index (χ0) is 16.7. The van der Waals surface area contributed by atoms with Gasteiger partial charge in [0.25, 0.3) is 10.0 Å². The third-order valence-corrected chi connectivity index (χ3v) is 4.50. The van der Waals surface area contributed by atoms with Crippen molar-refractivity contribution < 1.29 is 26.0 Å². The molecule has 3 aromatic rings. The smallest absolute Gasteiger partial charge is 0.417 e. The Morgan fingerprint density at radius 3 is 2.57 bits per heavy atom. The van der Waals surface area contributed by atoms with Crippen molar-refractivity contribution in [1.29, 1.82) is 0 Å². The topological polar surface area (TPSA) is 72.2 Å². The second-order valence-corrected chi connectivity index (χ2v) is 6.29. The number of benzene rings is 2. The Kier molecular flexibility index (Phi) is 3.52. The van der Waals surface area contributed by atoms with Crippen LogP contribution in [0.25, 0.3) is 11.1 Å². The van der Waals surface area contributed by atoms with Crippen LogP contribution in [0.5, 0.6) is 0 Å². The fourth-order valence-electron chi connectivity index (χ4n) is 2.07. The molecule has 9 heteroatoms. The van der Waals surface area contributed by atoms with Crippen LogP contribution in [-0.4, -0.2) is 13.4 Å². The number of hydrogen-bond acceptors (Lipinski definition) is 4. The first-order valence-corrected chi connectivity index (χ1v) is 7.78. The number of aromatic nitrogens is 1. The van der Waals surface area contributed by atoms with E-state index in [0.717, 1.165) is 18.2 Å². The number of halogens is 3. The van der Waals surface area contributed by atoms with E-state index in [1.54, 1.807) is 0 Å². The van der Waals surface area contributed by atoms with E-state index in [9.17, 15) is 21.6 Å². The van der Waals surface area contributed by atoms with Crippen LogP contribution in [0.15, 0.2) is 58.2 Å². The normalized spacial score (nSPS) is 12.5. The molecule has 0 unspecified atom stereocenters. The lowest BCUT2D eigenvalue weighted by atomic mass is 10.2. The van der Waals surface area contributed by atoms with Crippen LogP contribution in [0.1, 0.15) is 5.56 Å². The van der Waals surface area contributed by atoms with Crippen LogP contribution in [0.3, 0.4) is 0 Å². The van der Waals surface area contributed by atoms with Gasteiger partial charge in [-0.25, -0.2) is 13.4 Å². The Hall–Kier alpha value is -2.55. The lowest BCUT2D eigenvalue weighted by Gasteiger charge is -2.14. The maximum atomic E-state index is 13.0. The summed E-state index contributed by atoms with van der Waals surface area (Å²) in [6, 6.07) is 8.19. The maximum Gasteiger partial charge on any atom is 0.417 e. The van der Waals surface area contributed by atoms with Gasteiger partial charge in [-0.15, -0.1) is 0 Å². The molecule has 0 saturated carbocycles. The molecule has 0 fully saturated rings. The van der Waals surface area contributed by atoms with Crippen LogP contribution >= 0.6 is 0 Å². The first-order chi connectivity index (χ1) is 10.8. The largest absolute Gasteiger partial charge is 0.443 e. The molecule has 23 heavy (non-hydrogen) atoms. The van der Waals surface area contributed by atoms with E-state index in [4.69, 9.17) is 4.42 Å². The van der Waals surface area contributed by atoms with Gasteiger partial charge in [-0.3, -0.25) is 4.72 Å². The first-order valence-electron chi connectivity index (χ1n) is 6.30. The van der Waals surface area contributed by atoms with Crippen LogP contribution < -0.4 is 4.72 Å². The molecule has 1 aromatic heterocycles. The molecule has 0 radical (unpaired) electrons. The van der Waals surface area contributed by atoms with Crippen molar-refractivity contribution in [3.05, 3.63) is 54.4 Å². The molecule has 3 rings (SSSR count). The SMILES string of the molecule is O=S(=O)(Nc1ccc2ocnc2c1)c1ccccc1C(F)(F)F. The Bertz CT molecular complexity index is 965. The molecule has 120 valence electrons. The second kappa shape index (κ2) is 5.27. The van der Waals surface area contributed by atoms with E-state index in [0.29, 0.717) is 11.1 Å². The molecule has 0 spiro atoms. The molecular formula is C14H9F3N2O3S. The molecule has 1 heterocycles. The fourth-order valence-corrected chi connectivity index (χ4v) is 3.34. The van der Waals surface area contributed by atoms with Gasteiger partial charge >= 0.3 is 6.18 Å². The van der Waals surface area contributed by atoms with Gasteiger partial charge in [0.15, 0.2) is 12.0 Å². The van der Waals surface area contributed by atoms with Crippen molar-refractivity contribution >= 4 is 26.8 Å². The van der Waals surface area contributed by atoms with Gasteiger partial charge in [0, 0.05) is 0 Å². The summed E-state index contributed by atoms with van der Waals surface area (Å²) in [5.41, 5.74) is -0.323. The highest BCUT2D eigenvalue weighted by Gasteiger charge is 2.36. The third kappa shape index (κ3) is 3.00. The molecule has 0 atom stereocenters. The molecular weight excluding hydrogens is 333 g/mol. The van der Waals surface area contributed by atoms with Crippen LogP contribution in [0.4, 0.5) is 18.9 Å². The van der Waals surface area contributed by atoms with Gasteiger partial charge in [0.2, 0.25) is 0 Å². The van der Waals surface area contributed by atoms with E-state index < -0.39 is 26.7 Å². The third-order valence-electron chi connectivity index (χ3n) is 3.06. The molecule has 5 nitrogen and oxygen atoms in total. The van der Waals surface area contributed by atoms with E-state index >= 15 is 0 Å². The molecule has 0 aliphatic rings. The summed E-state index contributed by atoms with van der Waals surface area (Å²) >= 11 is 0. The molecule has 0 aliphatic heterocycles. The van der Waals surface area contributed by atoms with E-state index in [1.165, 1.54) is 30.7 Å². The lowest BCUT2D eigenvalue weighted by Crippen LogP contribution is -2.18. The number of fused-ring (bicyclic) bond motifs is 1. The molecule has 2 aromatic carbocycles. The van der Waals surface area contributed by atoms with Gasteiger partial charge < -0.3 is 4.42 Å². The van der Waals surface area contributed by atoms with Gasteiger partial charge in [-0.05, 0) is 30.3 Å². The number of nitrogens with zero attached hydrogens (tertiary/aromatic N) is 1. The molecule has 0 bridgehead atoms. The summed E-state index contributed by atoms with van der Waals surface area (Å²) in [5.74, 6) is 0. The quantitative estimate of drug-likeness (QED) is 0.789. The van der Waals surface area contributed by atoms with Gasteiger partial charge in [-0.2, -0.15) is 13.2 Å². The number of nitrogens with one attached hydrogen (secondary N) is 1. The molecule has 0 amide bonds. The number of alkyl halides is 3. The molecule has 0 aliphatic carbocycles. The summed E-state index contributed by atoms with van der Waals surface area (Å²) in [6.45, 7) is 0. The predicted octanol–water partition coefficient (Wildman–Crippen LogP) is 3.65. The van der Waals surface area contributed by atoms with Gasteiger partial charge in [-0.1, -0.05) is 12.1 Å². The number of sulfonamides is 1. The van der Waals surface area contributed by atoms with Crippen molar-refractivity contribution in [2.24, 2.45) is 0 Å². The molecule has 1 N–H and O–H groups in total. The summed E-state index contributed by atoms with van der Waals surface area (Å²) in [6.07, 6.45) is -3.59. The number of anilines is 1. The van der Waals surface area contributed by atoms with Crippen LogP contribution in [0.2, 0.25) is 0 Å². The Labute approximate surface area is 128 Å². The molecule has 0 saturated heterocycles. The van der Waals surface area contributed by atoms with Crippen molar-refractivity contribution in [3.63, 3.8) is 0 Å². The monoisotopic (exact) mass is 342 g/mol. The van der Waals surface area contributed by atoms with E-state index in [2.05, 4.69) is 9.71 Å². The zero-order valence-electron chi connectivity index (χ0n) is 11.3. The predicted molar refractivity (Wildman–Crippen MR) is 76.3 cm³/mol. The van der Waals surface area contributed by atoms with Crippen molar-refractivity contribution in [1.82, 2.24) is 4.98 Å². The highest BCUT2D eigenvalue weighted by atomic mass is 32.2. The van der Waals surface area contributed by atoms with Gasteiger partial charge in [0.05, 0.1) is 16.1 Å². The summed E-state index contributed by atoms with van der Waals surface area (Å²) in [4.78, 5) is 3.02.